The normalized spacial score (nSPS) is 12.0. The molecule has 0 aromatic rings. The van der Waals surface area contributed by atoms with Crippen LogP contribution in [-0.4, -0.2) is 202 Å². The van der Waals surface area contributed by atoms with Crippen LogP contribution < -0.4 is 57.5 Å². The van der Waals surface area contributed by atoms with Crippen LogP contribution in [0, 0.1) is 59.6 Å². The van der Waals surface area contributed by atoms with Gasteiger partial charge in [-0.25, -0.2) is 9.59 Å². The molecule has 0 spiro atoms. The van der Waals surface area contributed by atoms with E-state index in [0.29, 0.717) is 61.8 Å². The number of nitrogens with zero attached hydrogens (tertiary/aromatic N) is 5. The van der Waals surface area contributed by atoms with Crippen LogP contribution in [0.4, 0.5) is 9.59 Å². The molecular weight excluding hydrogens is 1300 g/mol. The van der Waals surface area contributed by atoms with Crippen LogP contribution in [0.25, 0.3) is 0 Å². The van der Waals surface area contributed by atoms with E-state index in [9.17, 15) is 9.59 Å². The van der Waals surface area contributed by atoms with Gasteiger partial charge < -0.3 is 91.5 Å². The molecule has 99 heavy (non-hydrogen) atoms. The Morgan fingerprint density at radius 1 is 0.384 bits per heavy atom. The van der Waals surface area contributed by atoms with Crippen LogP contribution in [0.5, 0.6) is 0 Å². The summed E-state index contributed by atoms with van der Waals surface area (Å²) in [6.45, 7) is 107. The molecule has 0 saturated heterocycles. The van der Waals surface area contributed by atoms with Crippen LogP contribution in [0.1, 0.15) is 298 Å². The Bertz CT molecular complexity index is 1650. The van der Waals surface area contributed by atoms with Gasteiger partial charge in [0.05, 0.1) is 26.7 Å². The molecule has 0 saturated carbocycles. The average molecular weight is 1490 g/mol. The van der Waals surface area contributed by atoms with E-state index in [1.54, 1.807) is 16.8 Å². The average Bonchev–Trinajstić information content (AvgIpc) is 1.69. The molecule has 0 atom stereocenters. The van der Waals surface area contributed by atoms with Gasteiger partial charge in [-0.3, -0.25) is 0 Å². The number of amides is 2. The predicted molar refractivity (Wildman–Crippen MR) is 445 cm³/mol. The van der Waals surface area contributed by atoms with Crippen LogP contribution in [-0.2, 0) is 9.47 Å². The molecule has 0 heterocycles. The number of carbonyl (C=O) groups is 2. The van der Waals surface area contributed by atoms with Crippen molar-refractivity contribution in [1.29, 1.82) is 0 Å². The van der Waals surface area contributed by atoms with Gasteiger partial charge in [0.25, 0.3) is 0 Å². The summed E-state index contributed by atoms with van der Waals surface area (Å²) in [6, 6.07) is 0. The number of carbonyl (C=O) groups excluding carboxylic acids is 2. The lowest BCUT2D eigenvalue weighted by Crippen LogP contribution is -3.00. The summed E-state index contributed by atoms with van der Waals surface area (Å²) >= 11 is 0. The van der Waals surface area contributed by atoms with E-state index in [1.807, 2.05) is 55.5 Å². The molecule has 10 N–H and O–H groups in total. The minimum atomic E-state index is -0.414. The van der Waals surface area contributed by atoms with Crippen LogP contribution in [0.2, 0.25) is 0 Å². The molecule has 0 unspecified atom stereocenters. The maximum Gasteiger partial charge on any atom is 0.410 e. The smallest absolute Gasteiger partial charge is 0.410 e. The van der Waals surface area contributed by atoms with Crippen molar-refractivity contribution in [1.82, 2.24) is 35.1 Å². The van der Waals surface area contributed by atoms with Crippen LogP contribution in [0.3, 0.4) is 0 Å². The highest BCUT2D eigenvalue weighted by Gasteiger charge is 2.26. The highest BCUT2D eigenvalue weighted by Crippen LogP contribution is 2.20. The zero-order valence-corrected chi connectivity index (χ0v) is 79.8. The number of nitrogens with two attached hydrogens (primary N) is 4. The summed E-state index contributed by atoms with van der Waals surface area (Å²) in [5, 5.41) is 10.9. The molecule has 2 amide bonds. The van der Waals surface area contributed by atoms with Crippen molar-refractivity contribution >= 4 is 24.6 Å². The fourth-order valence-corrected chi connectivity index (χ4v) is 7.36. The lowest BCUT2D eigenvalue weighted by atomic mass is 9.96. The molecule has 0 aliphatic rings. The molecule has 18 heteroatoms. The highest BCUT2D eigenvalue weighted by atomic mass is 35.5. The summed E-state index contributed by atoms with van der Waals surface area (Å²) in [7, 11) is 16.4. The summed E-state index contributed by atoms with van der Waals surface area (Å²) < 4.78 is 10.6. The zero-order valence-electron chi connectivity index (χ0n) is 77.4. The maximum absolute atomic E-state index is 11.8. The Balaban J connectivity index is -0.0000000676. The third kappa shape index (κ3) is 179. The minimum Gasteiger partial charge on any atom is -1.00 e. The van der Waals surface area contributed by atoms with Gasteiger partial charge in [0, 0.05) is 57.1 Å². The van der Waals surface area contributed by atoms with Crippen molar-refractivity contribution < 1.29 is 54.5 Å². The van der Waals surface area contributed by atoms with Gasteiger partial charge >= 0.3 is 12.2 Å². The lowest BCUT2D eigenvalue weighted by molar-refractivity contribution is -0.661. The van der Waals surface area contributed by atoms with Crippen molar-refractivity contribution in [3.8, 4) is 0 Å². The summed E-state index contributed by atoms with van der Waals surface area (Å²) in [4.78, 5) is 33.4. The number of ether oxygens (including phenoxy) is 2. The largest absolute Gasteiger partial charge is 1.00 e. The SMILES string of the molecule is CC(C)(C)CN.CC(C)(C)CN.CCN(C)CC(C)(C)C.CCN(CC(C)(C)C)C(=O)OC(C)(C)C.CCNCC(C)(C)C.CC[NH2+]CC(C)(C)C.CN(C)CC(C)(C)C.CN(C)CC(C)(C)C.CN(CC(C)(C)C)C(=O)OC(C)(C)C.CNCC(C)(C)C.C[NH2+]CC(C)(C)C.Cl.[Cl-].[Cl-]. The molecule has 0 radical (unpaired) electrons. The van der Waals surface area contributed by atoms with Gasteiger partial charge in [0.1, 0.15) is 11.2 Å². The van der Waals surface area contributed by atoms with Crippen molar-refractivity contribution in [2.75, 3.05) is 155 Å². The van der Waals surface area contributed by atoms with E-state index < -0.39 is 11.2 Å². The van der Waals surface area contributed by atoms with Crippen molar-refractivity contribution in [3.05, 3.63) is 0 Å². The number of hydrogen-bond donors (Lipinski definition) is 6. The Labute approximate surface area is 645 Å². The van der Waals surface area contributed by atoms with Crippen molar-refractivity contribution in [2.24, 2.45) is 71.0 Å². The monoisotopic (exact) mass is 1490 g/mol. The minimum absolute atomic E-state index is 0. The van der Waals surface area contributed by atoms with E-state index in [1.165, 1.54) is 26.2 Å². The first-order valence-corrected chi connectivity index (χ1v) is 37.0. The van der Waals surface area contributed by atoms with Gasteiger partial charge in [0.2, 0.25) is 0 Å². The van der Waals surface area contributed by atoms with Gasteiger partial charge in [-0.05, 0) is 186 Å². The highest BCUT2D eigenvalue weighted by molar-refractivity contribution is 5.85. The predicted octanol–water partition coefficient (Wildman–Crippen LogP) is 11.5. The second kappa shape index (κ2) is 63.2. The number of nitrogens with one attached hydrogen (secondary N) is 2. The fraction of sp³-hybridized carbons (Fsp3) is 0.975. The second-order valence-corrected chi connectivity index (χ2v) is 42.0. The van der Waals surface area contributed by atoms with Gasteiger partial charge in [-0.15, -0.1) is 12.4 Å². The number of quaternary nitrogens is 2. The molecular formula is C81H194Cl3N11O4. The van der Waals surface area contributed by atoms with Crippen LogP contribution in [0.15, 0.2) is 0 Å². The van der Waals surface area contributed by atoms with Gasteiger partial charge in [0.15, 0.2) is 0 Å². The van der Waals surface area contributed by atoms with Crippen LogP contribution >= 0.6 is 12.4 Å². The standard InChI is InChI=1S/C12H25NO2.C11H23NO2.C8H19N.4C7H17N.2C6H15N.2C5H13N.3ClH/c1-8-13(9-11(2,3)4)10(14)15-12(5,6)7;1-10(2,3)8-12(7)9(13)14-11(4,5)6;1-6-9(5)7-8(2,3)4;2*1-7(2,3)6-8(4)5;2*1-5-8-6-7(2,3)4;2*1-6(2,3)5-7-4;2*1-5(2,3)4-6;;;/h8-9H2,1-7H3;8H2,1-7H3;6-7H2,1-5H3;2*6H2,1-5H3;2*8H,5-6H2,1-4H3;2*7H,5H2,1-4H3;2*4,6H2,1-3H3;3*1H. The number of hydrogen-bond acceptors (Lipinski definition) is 11. The molecule has 0 aliphatic carbocycles. The molecule has 618 valence electrons. The molecule has 15 nitrogen and oxygen atoms in total. The molecule has 0 bridgehead atoms. The van der Waals surface area contributed by atoms with Gasteiger partial charge in [-0.1, -0.05) is 242 Å². The van der Waals surface area contributed by atoms with Gasteiger partial charge in [-0.2, -0.15) is 0 Å². The summed E-state index contributed by atoms with van der Waals surface area (Å²) in [6.07, 6.45) is -0.479. The van der Waals surface area contributed by atoms with E-state index in [0.717, 1.165) is 58.9 Å². The number of halogens is 3. The molecule has 0 aromatic carbocycles. The Hall–Kier alpha value is -0.950. The maximum atomic E-state index is 11.8. The zero-order chi connectivity index (χ0) is 80.4. The topological polar surface area (TPSA) is 178 Å². The van der Waals surface area contributed by atoms with Crippen molar-refractivity contribution in [2.45, 2.75) is 309 Å². The van der Waals surface area contributed by atoms with E-state index in [4.69, 9.17) is 20.9 Å². The first-order valence-electron chi connectivity index (χ1n) is 37.0. The Morgan fingerprint density at radius 2 is 0.667 bits per heavy atom. The lowest BCUT2D eigenvalue weighted by Gasteiger charge is -2.31. The van der Waals surface area contributed by atoms with E-state index >= 15 is 0 Å². The first kappa shape index (κ1) is 131. The third-order valence-electron chi connectivity index (χ3n) is 10.7. The third-order valence-corrected chi connectivity index (χ3v) is 10.7. The molecule has 0 aromatic heterocycles. The van der Waals surface area contributed by atoms with E-state index in [2.05, 4.69) is 328 Å². The first-order chi connectivity index (χ1) is 41.7. The second-order valence-electron chi connectivity index (χ2n) is 42.0. The fourth-order valence-electron chi connectivity index (χ4n) is 7.36. The molecule has 0 rings (SSSR count). The quantitative estimate of drug-likeness (QED) is 0.103. The molecule has 0 aliphatic heterocycles. The summed E-state index contributed by atoms with van der Waals surface area (Å²) in [5.74, 6) is 0. The Kier molecular flexibility index (Phi) is 83.4. The Morgan fingerprint density at radius 3 is 0.778 bits per heavy atom. The van der Waals surface area contributed by atoms with Crippen molar-refractivity contribution in [3.63, 3.8) is 0 Å². The summed E-state index contributed by atoms with van der Waals surface area (Å²) in [5.41, 5.74) is 13.8. The number of rotatable bonds is 13. The van der Waals surface area contributed by atoms with E-state index in [-0.39, 0.29) is 60.2 Å². The molecule has 0 fully saturated rings.